The van der Waals surface area contributed by atoms with Gasteiger partial charge in [0.1, 0.15) is 6.61 Å². The molecule has 1 aliphatic heterocycles. The molecule has 21 heavy (non-hydrogen) atoms. The average molecular weight is 294 g/mol. The molecule has 0 aromatic heterocycles. The maximum Gasteiger partial charge on any atom is 0.161 e. The molecule has 0 saturated carbocycles. The van der Waals surface area contributed by atoms with Crippen molar-refractivity contribution in [3.8, 4) is 11.5 Å². The lowest BCUT2D eigenvalue weighted by Gasteiger charge is -2.26. The van der Waals surface area contributed by atoms with Crippen LogP contribution in [0.25, 0.3) is 0 Å². The Bertz CT molecular complexity index is 420. The normalized spacial score (nSPS) is 15.9. The highest BCUT2D eigenvalue weighted by Crippen LogP contribution is 2.28. The third kappa shape index (κ3) is 5.19. The second-order valence-electron chi connectivity index (χ2n) is 5.06. The van der Waals surface area contributed by atoms with Crippen molar-refractivity contribution < 1.29 is 14.2 Å². The number of ether oxygens (including phenoxy) is 3. The van der Waals surface area contributed by atoms with Crippen molar-refractivity contribution >= 4 is 0 Å². The number of benzene rings is 1. The van der Waals surface area contributed by atoms with Gasteiger partial charge in [0.05, 0.1) is 19.8 Å². The van der Waals surface area contributed by atoms with E-state index in [4.69, 9.17) is 19.9 Å². The van der Waals surface area contributed by atoms with Crippen LogP contribution >= 0.6 is 0 Å². The lowest BCUT2D eigenvalue weighted by molar-refractivity contribution is 0.0321. The van der Waals surface area contributed by atoms with Gasteiger partial charge in [-0.25, -0.2) is 0 Å². The van der Waals surface area contributed by atoms with Crippen molar-refractivity contribution in [1.82, 2.24) is 4.90 Å². The Morgan fingerprint density at radius 3 is 2.71 bits per heavy atom. The zero-order valence-corrected chi connectivity index (χ0v) is 12.8. The van der Waals surface area contributed by atoms with Gasteiger partial charge in [0.2, 0.25) is 0 Å². The molecule has 0 spiro atoms. The number of hydrogen-bond acceptors (Lipinski definition) is 5. The summed E-state index contributed by atoms with van der Waals surface area (Å²) in [5.41, 5.74) is 6.78. The fraction of sp³-hybridized carbons (Fsp3) is 0.625. The minimum absolute atomic E-state index is 0.631. The minimum Gasteiger partial charge on any atom is -0.490 e. The lowest BCUT2D eigenvalue weighted by atomic mass is 10.1. The van der Waals surface area contributed by atoms with Crippen LogP contribution in [-0.2, 0) is 11.2 Å². The van der Waals surface area contributed by atoms with Crippen LogP contribution in [0.4, 0.5) is 0 Å². The second kappa shape index (κ2) is 8.87. The van der Waals surface area contributed by atoms with Gasteiger partial charge in [-0.2, -0.15) is 0 Å². The Balaban J connectivity index is 1.88. The van der Waals surface area contributed by atoms with Crippen LogP contribution in [0.15, 0.2) is 18.2 Å². The lowest BCUT2D eigenvalue weighted by Crippen LogP contribution is -2.38. The topological polar surface area (TPSA) is 57.0 Å². The third-order valence-electron chi connectivity index (χ3n) is 3.51. The van der Waals surface area contributed by atoms with Crippen LogP contribution in [0.2, 0.25) is 0 Å². The van der Waals surface area contributed by atoms with Gasteiger partial charge < -0.3 is 19.9 Å². The van der Waals surface area contributed by atoms with Crippen LogP contribution in [0.5, 0.6) is 11.5 Å². The number of hydrogen-bond donors (Lipinski definition) is 1. The summed E-state index contributed by atoms with van der Waals surface area (Å²) in [6, 6.07) is 6.06. The molecule has 0 unspecified atom stereocenters. The fourth-order valence-electron chi connectivity index (χ4n) is 2.37. The maximum absolute atomic E-state index is 5.89. The average Bonchev–Trinajstić information content (AvgIpc) is 2.51. The zero-order chi connectivity index (χ0) is 14.9. The van der Waals surface area contributed by atoms with Gasteiger partial charge in [0, 0.05) is 19.6 Å². The second-order valence-corrected chi connectivity index (χ2v) is 5.06. The van der Waals surface area contributed by atoms with Crippen molar-refractivity contribution in [2.45, 2.75) is 13.3 Å². The van der Waals surface area contributed by atoms with E-state index in [9.17, 15) is 0 Å². The van der Waals surface area contributed by atoms with Crippen LogP contribution in [0, 0.1) is 0 Å². The number of rotatable bonds is 8. The molecule has 1 heterocycles. The molecule has 0 atom stereocenters. The standard InChI is InChI=1S/C16H26N2O3/c1-2-20-16-13-14(5-6-17)3-4-15(16)21-12-9-18-7-10-19-11-8-18/h3-4,13H,2,5-12,17H2,1H3. The van der Waals surface area contributed by atoms with E-state index >= 15 is 0 Å². The van der Waals surface area contributed by atoms with Gasteiger partial charge in [0.15, 0.2) is 11.5 Å². The van der Waals surface area contributed by atoms with Gasteiger partial charge in [-0.1, -0.05) is 6.07 Å². The summed E-state index contributed by atoms with van der Waals surface area (Å²) in [6.45, 7) is 8.43. The van der Waals surface area contributed by atoms with Crippen molar-refractivity contribution in [2.75, 3.05) is 52.6 Å². The van der Waals surface area contributed by atoms with E-state index in [-0.39, 0.29) is 0 Å². The first kappa shape index (κ1) is 16.1. The molecule has 5 nitrogen and oxygen atoms in total. The highest BCUT2D eigenvalue weighted by molar-refractivity contribution is 5.43. The Kier molecular flexibility index (Phi) is 6.79. The smallest absolute Gasteiger partial charge is 0.161 e. The predicted molar refractivity (Wildman–Crippen MR) is 83.1 cm³/mol. The molecule has 2 N–H and O–H groups in total. The Hall–Kier alpha value is -1.30. The van der Waals surface area contributed by atoms with Gasteiger partial charge in [0.25, 0.3) is 0 Å². The number of nitrogens with zero attached hydrogens (tertiary/aromatic N) is 1. The Morgan fingerprint density at radius 2 is 2.00 bits per heavy atom. The first-order valence-electron chi connectivity index (χ1n) is 7.72. The summed E-state index contributed by atoms with van der Waals surface area (Å²) < 4.78 is 16.9. The monoisotopic (exact) mass is 294 g/mol. The third-order valence-corrected chi connectivity index (χ3v) is 3.51. The quantitative estimate of drug-likeness (QED) is 0.783. The fourth-order valence-corrected chi connectivity index (χ4v) is 2.37. The van der Waals surface area contributed by atoms with Gasteiger partial charge >= 0.3 is 0 Å². The Labute approximate surface area is 127 Å². The van der Waals surface area contributed by atoms with Crippen molar-refractivity contribution in [2.24, 2.45) is 5.73 Å². The minimum atomic E-state index is 0.631. The van der Waals surface area contributed by atoms with Crippen molar-refractivity contribution in [3.63, 3.8) is 0 Å². The molecule has 1 fully saturated rings. The van der Waals surface area contributed by atoms with Crippen LogP contribution < -0.4 is 15.2 Å². The van der Waals surface area contributed by atoms with Crippen LogP contribution in [-0.4, -0.2) is 57.5 Å². The molecular weight excluding hydrogens is 268 g/mol. The van der Waals surface area contributed by atoms with Gasteiger partial charge in [-0.05, 0) is 37.6 Å². The first-order chi connectivity index (χ1) is 10.3. The summed E-state index contributed by atoms with van der Waals surface area (Å²) in [5, 5.41) is 0. The van der Waals surface area contributed by atoms with E-state index in [0.717, 1.165) is 50.8 Å². The van der Waals surface area contributed by atoms with Gasteiger partial charge in [-0.3, -0.25) is 4.90 Å². The first-order valence-corrected chi connectivity index (χ1v) is 7.72. The molecule has 5 heteroatoms. The number of morpholine rings is 1. The largest absolute Gasteiger partial charge is 0.490 e. The molecular formula is C16H26N2O3. The van der Waals surface area contributed by atoms with E-state index in [2.05, 4.69) is 11.0 Å². The highest BCUT2D eigenvalue weighted by atomic mass is 16.5. The molecule has 0 amide bonds. The van der Waals surface area contributed by atoms with E-state index in [1.807, 2.05) is 19.1 Å². The molecule has 2 rings (SSSR count). The van der Waals surface area contributed by atoms with Crippen molar-refractivity contribution in [1.29, 1.82) is 0 Å². The maximum atomic E-state index is 5.89. The molecule has 0 radical (unpaired) electrons. The SMILES string of the molecule is CCOc1cc(CCN)ccc1OCCN1CCOCC1. The molecule has 1 aliphatic rings. The molecule has 0 bridgehead atoms. The highest BCUT2D eigenvalue weighted by Gasteiger charge is 2.11. The van der Waals surface area contributed by atoms with Gasteiger partial charge in [-0.15, -0.1) is 0 Å². The molecule has 1 saturated heterocycles. The summed E-state index contributed by atoms with van der Waals surface area (Å²) >= 11 is 0. The van der Waals surface area contributed by atoms with Crippen molar-refractivity contribution in [3.05, 3.63) is 23.8 Å². The summed E-state index contributed by atoms with van der Waals surface area (Å²) in [7, 11) is 0. The Morgan fingerprint density at radius 1 is 1.19 bits per heavy atom. The number of nitrogens with two attached hydrogens (primary N) is 1. The van der Waals surface area contributed by atoms with E-state index in [1.165, 1.54) is 5.56 Å². The van der Waals surface area contributed by atoms with Crippen LogP contribution in [0.1, 0.15) is 12.5 Å². The van der Waals surface area contributed by atoms with E-state index in [1.54, 1.807) is 0 Å². The molecule has 1 aromatic rings. The summed E-state index contributed by atoms with van der Waals surface area (Å²) in [5.74, 6) is 1.62. The van der Waals surface area contributed by atoms with Crippen LogP contribution in [0.3, 0.4) is 0 Å². The summed E-state index contributed by atoms with van der Waals surface area (Å²) in [6.07, 6.45) is 0.855. The van der Waals surface area contributed by atoms with E-state index < -0.39 is 0 Å². The predicted octanol–water partition coefficient (Wildman–Crippen LogP) is 1.30. The molecule has 1 aromatic carbocycles. The molecule has 0 aliphatic carbocycles. The van der Waals surface area contributed by atoms with E-state index in [0.29, 0.717) is 19.8 Å². The molecule has 118 valence electrons. The zero-order valence-electron chi connectivity index (χ0n) is 12.8. The summed E-state index contributed by atoms with van der Waals surface area (Å²) in [4.78, 5) is 2.35.